The minimum absolute atomic E-state index is 0.0731. The molecule has 2 aliphatic rings. The van der Waals surface area contributed by atoms with E-state index in [1.807, 2.05) is 36.4 Å². The van der Waals surface area contributed by atoms with Crippen molar-refractivity contribution < 1.29 is 23.9 Å². The Balaban J connectivity index is 1.67. The fourth-order valence-corrected chi connectivity index (χ4v) is 4.45. The summed E-state index contributed by atoms with van der Waals surface area (Å²) >= 11 is 0. The topological polar surface area (TPSA) is 84.9 Å². The Morgan fingerprint density at radius 3 is 2.53 bits per heavy atom. The molecule has 34 heavy (non-hydrogen) atoms. The van der Waals surface area contributed by atoms with E-state index < -0.39 is 17.8 Å². The first-order valence-electron chi connectivity index (χ1n) is 11.4. The molecule has 1 aliphatic heterocycles. The summed E-state index contributed by atoms with van der Waals surface area (Å²) in [6, 6.07) is 12.5. The van der Waals surface area contributed by atoms with E-state index in [0.29, 0.717) is 30.1 Å². The molecule has 0 atom stereocenters. The lowest BCUT2D eigenvalue weighted by atomic mass is 10.0. The Kier molecular flexibility index (Phi) is 7.11. The van der Waals surface area contributed by atoms with E-state index in [1.54, 1.807) is 12.1 Å². The fraction of sp³-hybridized carbons (Fsp3) is 0.296. The van der Waals surface area contributed by atoms with E-state index in [2.05, 4.69) is 11.9 Å². The van der Waals surface area contributed by atoms with Crippen LogP contribution >= 0.6 is 0 Å². The number of hydrogen-bond donors (Lipinski definition) is 1. The number of nitrogens with zero attached hydrogens (tertiary/aromatic N) is 1. The molecule has 4 rings (SSSR count). The number of carbonyl (C=O) groups is 3. The molecular formula is C27H28N2O5. The summed E-state index contributed by atoms with van der Waals surface area (Å²) in [6.07, 6.45) is 7.19. The van der Waals surface area contributed by atoms with E-state index in [1.165, 1.54) is 18.1 Å². The smallest absolute Gasteiger partial charge is 0.331 e. The van der Waals surface area contributed by atoms with Crippen LogP contribution in [0.15, 0.2) is 60.7 Å². The van der Waals surface area contributed by atoms with Crippen molar-refractivity contribution in [1.29, 1.82) is 0 Å². The molecule has 7 nitrogen and oxygen atoms in total. The number of methoxy groups -OCH3 is 1. The quantitative estimate of drug-likeness (QED) is 0.358. The summed E-state index contributed by atoms with van der Waals surface area (Å²) in [6.45, 7) is 4.19. The second kappa shape index (κ2) is 10.4. The van der Waals surface area contributed by atoms with Crippen LogP contribution in [0, 0.1) is 0 Å². The van der Waals surface area contributed by atoms with Crippen LogP contribution in [-0.2, 0) is 22.6 Å². The second-order valence-corrected chi connectivity index (χ2v) is 8.41. The van der Waals surface area contributed by atoms with Crippen LogP contribution in [-0.4, -0.2) is 35.9 Å². The predicted octanol–water partition coefficient (Wildman–Crippen LogP) is 4.41. The number of urea groups is 1. The first kappa shape index (κ1) is 23.3. The third-order valence-electron chi connectivity index (χ3n) is 6.10. The van der Waals surface area contributed by atoms with E-state index in [9.17, 15) is 14.4 Å². The molecule has 0 radical (unpaired) electrons. The number of carbonyl (C=O) groups excluding carboxylic acids is 3. The Hall–Kier alpha value is -3.87. The first-order valence-corrected chi connectivity index (χ1v) is 11.4. The highest BCUT2D eigenvalue weighted by Gasteiger charge is 2.40. The van der Waals surface area contributed by atoms with Gasteiger partial charge in [0.15, 0.2) is 11.5 Å². The molecule has 1 N–H and O–H groups in total. The van der Waals surface area contributed by atoms with E-state index in [-0.39, 0.29) is 11.6 Å². The number of ether oxygens (including phenoxy) is 2. The molecule has 0 unspecified atom stereocenters. The SMILES string of the molecule is C=CCc1cc(/C=C2\C(=O)NC(=O)N(C3CCCC3)C2=O)cc(OC)c1OCc1ccccc1. The molecular weight excluding hydrogens is 432 g/mol. The van der Waals surface area contributed by atoms with Crippen molar-refractivity contribution in [3.8, 4) is 11.5 Å². The van der Waals surface area contributed by atoms with Gasteiger partial charge in [0.1, 0.15) is 12.2 Å². The van der Waals surface area contributed by atoms with Crippen molar-refractivity contribution in [2.24, 2.45) is 0 Å². The van der Waals surface area contributed by atoms with Gasteiger partial charge in [-0.2, -0.15) is 0 Å². The van der Waals surface area contributed by atoms with Crippen LogP contribution in [0.4, 0.5) is 4.79 Å². The van der Waals surface area contributed by atoms with Crippen molar-refractivity contribution in [2.45, 2.75) is 44.8 Å². The number of allylic oxidation sites excluding steroid dienone is 1. The lowest BCUT2D eigenvalue weighted by molar-refractivity contribution is -0.131. The van der Waals surface area contributed by atoms with Gasteiger partial charge in [-0.05, 0) is 48.6 Å². The van der Waals surface area contributed by atoms with Crippen molar-refractivity contribution in [1.82, 2.24) is 10.2 Å². The van der Waals surface area contributed by atoms with Gasteiger partial charge in [0.2, 0.25) is 0 Å². The van der Waals surface area contributed by atoms with Crippen molar-refractivity contribution in [3.63, 3.8) is 0 Å². The number of amides is 4. The van der Waals surface area contributed by atoms with Crippen LogP contribution < -0.4 is 14.8 Å². The number of nitrogens with one attached hydrogen (secondary N) is 1. The Morgan fingerprint density at radius 2 is 1.85 bits per heavy atom. The lowest BCUT2D eigenvalue weighted by Crippen LogP contribution is -2.57. The third-order valence-corrected chi connectivity index (χ3v) is 6.10. The molecule has 2 aromatic rings. The summed E-state index contributed by atoms with van der Waals surface area (Å²) in [7, 11) is 1.54. The zero-order valence-electron chi connectivity index (χ0n) is 19.2. The standard InChI is InChI=1S/C27H28N2O5/c1-3-9-20-14-19(16-23(33-2)24(20)34-17-18-10-5-4-6-11-18)15-22-25(30)28-27(32)29(26(22)31)21-12-7-8-13-21/h3-6,10-11,14-16,21H,1,7-9,12-13,17H2,2H3,(H,28,30,32)/b22-15+. The predicted molar refractivity (Wildman–Crippen MR) is 128 cm³/mol. The molecule has 1 saturated carbocycles. The number of benzene rings is 2. The molecule has 4 amide bonds. The number of imide groups is 2. The summed E-state index contributed by atoms with van der Waals surface area (Å²) in [5, 5.41) is 2.31. The highest BCUT2D eigenvalue weighted by Crippen LogP contribution is 2.35. The first-order chi connectivity index (χ1) is 16.5. The third kappa shape index (κ3) is 4.88. The molecule has 2 aromatic carbocycles. The minimum Gasteiger partial charge on any atom is -0.493 e. The Labute approximate surface area is 199 Å². The maximum atomic E-state index is 13.1. The van der Waals surface area contributed by atoms with E-state index in [0.717, 1.165) is 36.8 Å². The monoisotopic (exact) mass is 460 g/mol. The van der Waals surface area contributed by atoms with Gasteiger partial charge in [0.05, 0.1) is 7.11 Å². The lowest BCUT2D eigenvalue weighted by Gasteiger charge is -2.31. The van der Waals surface area contributed by atoms with Gasteiger partial charge in [-0.25, -0.2) is 4.79 Å². The van der Waals surface area contributed by atoms with Gasteiger partial charge < -0.3 is 9.47 Å². The average Bonchev–Trinajstić information content (AvgIpc) is 3.36. The summed E-state index contributed by atoms with van der Waals surface area (Å²) < 4.78 is 11.7. The van der Waals surface area contributed by atoms with Gasteiger partial charge in [0.25, 0.3) is 11.8 Å². The molecule has 1 aliphatic carbocycles. The highest BCUT2D eigenvalue weighted by molar-refractivity contribution is 6.31. The van der Waals surface area contributed by atoms with Gasteiger partial charge in [0, 0.05) is 11.6 Å². The molecule has 0 aromatic heterocycles. The van der Waals surface area contributed by atoms with Gasteiger partial charge in [-0.3, -0.25) is 19.8 Å². The van der Waals surface area contributed by atoms with Crippen LogP contribution in [0.1, 0.15) is 42.4 Å². The average molecular weight is 461 g/mol. The molecule has 7 heteroatoms. The number of rotatable bonds is 8. The van der Waals surface area contributed by atoms with Gasteiger partial charge in [-0.1, -0.05) is 49.2 Å². The summed E-state index contributed by atoms with van der Waals surface area (Å²) in [5.41, 5.74) is 2.35. The maximum absolute atomic E-state index is 13.1. The molecule has 2 fully saturated rings. The van der Waals surface area contributed by atoms with E-state index in [4.69, 9.17) is 9.47 Å². The fourth-order valence-electron chi connectivity index (χ4n) is 4.45. The number of barbiturate groups is 1. The molecule has 1 heterocycles. The minimum atomic E-state index is -0.696. The molecule has 0 bridgehead atoms. The molecule has 0 spiro atoms. The second-order valence-electron chi connectivity index (χ2n) is 8.41. The van der Waals surface area contributed by atoms with Crippen molar-refractivity contribution >= 4 is 23.9 Å². The Morgan fingerprint density at radius 1 is 1.12 bits per heavy atom. The van der Waals surface area contributed by atoms with Gasteiger partial charge in [-0.15, -0.1) is 6.58 Å². The van der Waals surface area contributed by atoms with Gasteiger partial charge >= 0.3 is 6.03 Å². The van der Waals surface area contributed by atoms with Crippen LogP contribution in [0.2, 0.25) is 0 Å². The van der Waals surface area contributed by atoms with Crippen LogP contribution in [0.25, 0.3) is 6.08 Å². The largest absolute Gasteiger partial charge is 0.493 e. The maximum Gasteiger partial charge on any atom is 0.331 e. The zero-order valence-corrected chi connectivity index (χ0v) is 19.2. The zero-order chi connectivity index (χ0) is 24.1. The summed E-state index contributed by atoms with van der Waals surface area (Å²) in [5.74, 6) is -0.197. The molecule has 1 saturated heterocycles. The normalized spacial score (nSPS) is 17.7. The van der Waals surface area contributed by atoms with Crippen molar-refractivity contribution in [2.75, 3.05) is 7.11 Å². The van der Waals surface area contributed by atoms with Crippen LogP contribution in [0.5, 0.6) is 11.5 Å². The van der Waals surface area contributed by atoms with Crippen LogP contribution in [0.3, 0.4) is 0 Å². The Bertz CT molecular complexity index is 1130. The van der Waals surface area contributed by atoms with E-state index >= 15 is 0 Å². The number of hydrogen-bond acceptors (Lipinski definition) is 5. The molecule has 176 valence electrons. The van der Waals surface area contributed by atoms with Crippen molar-refractivity contribution in [3.05, 3.63) is 77.4 Å². The summed E-state index contributed by atoms with van der Waals surface area (Å²) in [4.78, 5) is 39.3. The highest BCUT2D eigenvalue weighted by atomic mass is 16.5.